The minimum absolute atomic E-state index is 0.821. The zero-order chi connectivity index (χ0) is 18.2. The van der Waals surface area contributed by atoms with Gasteiger partial charge in [0.15, 0.2) is 0 Å². The van der Waals surface area contributed by atoms with E-state index in [-0.39, 0.29) is 0 Å². The molecule has 3 rings (SSSR count). The fourth-order valence-corrected chi connectivity index (χ4v) is 5.31. The van der Waals surface area contributed by atoms with Crippen molar-refractivity contribution in [2.24, 2.45) is 17.8 Å². The van der Waals surface area contributed by atoms with Crippen LogP contribution in [-0.2, 0) is 6.42 Å². The molecule has 2 fully saturated rings. The molecule has 1 aromatic carbocycles. The average Bonchev–Trinajstić information content (AvgIpc) is 2.70. The van der Waals surface area contributed by atoms with Crippen molar-refractivity contribution in [1.29, 1.82) is 0 Å². The maximum atomic E-state index is 2.44. The Bertz CT molecular complexity index is 561. The third-order valence-electron chi connectivity index (χ3n) is 6.93. The number of allylic oxidation sites excluding steroid dienone is 4. The molecule has 2 aliphatic carbocycles. The Hall–Kier alpha value is -1.30. The molecule has 0 N–H and O–H groups in total. The van der Waals surface area contributed by atoms with E-state index in [2.05, 4.69) is 62.4 Å². The summed E-state index contributed by atoms with van der Waals surface area (Å²) < 4.78 is 0. The molecule has 0 bridgehead atoms. The molecule has 26 heavy (non-hydrogen) atoms. The Kier molecular flexibility index (Phi) is 7.59. The minimum Gasteiger partial charge on any atom is -0.0877 e. The maximum Gasteiger partial charge on any atom is -0.0162 e. The highest BCUT2D eigenvalue weighted by Crippen LogP contribution is 2.44. The summed E-state index contributed by atoms with van der Waals surface area (Å²) in [5.41, 5.74) is 3.10. The molecule has 0 heterocycles. The van der Waals surface area contributed by atoms with E-state index >= 15 is 0 Å². The molecule has 2 aliphatic rings. The van der Waals surface area contributed by atoms with Crippen LogP contribution in [0.1, 0.15) is 88.7 Å². The van der Waals surface area contributed by atoms with Crippen molar-refractivity contribution >= 4 is 0 Å². The van der Waals surface area contributed by atoms with Crippen LogP contribution in [0.4, 0.5) is 0 Å². The molecule has 0 radical (unpaired) electrons. The van der Waals surface area contributed by atoms with Gasteiger partial charge < -0.3 is 0 Å². The first kappa shape index (κ1) is 19.5. The highest BCUT2D eigenvalue weighted by Gasteiger charge is 2.30. The van der Waals surface area contributed by atoms with Crippen molar-refractivity contribution in [3.05, 3.63) is 59.7 Å². The van der Waals surface area contributed by atoms with Crippen LogP contribution in [0.3, 0.4) is 0 Å². The molecule has 0 aromatic heterocycles. The van der Waals surface area contributed by atoms with Crippen LogP contribution < -0.4 is 0 Å². The highest BCUT2D eigenvalue weighted by molar-refractivity contribution is 5.26. The van der Waals surface area contributed by atoms with Gasteiger partial charge in [0, 0.05) is 0 Å². The monoisotopic (exact) mass is 350 g/mol. The van der Waals surface area contributed by atoms with Gasteiger partial charge in [0.1, 0.15) is 0 Å². The summed E-state index contributed by atoms with van der Waals surface area (Å²) in [6, 6.07) is 9.57. The van der Waals surface area contributed by atoms with Gasteiger partial charge in [-0.15, -0.1) is 0 Å². The molecule has 142 valence electrons. The normalized spacial score (nSPS) is 30.2. The molecule has 0 nitrogen and oxygen atoms in total. The smallest absolute Gasteiger partial charge is 0.0162 e. The van der Waals surface area contributed by atoms with E-state index < -0.39 is 0 Å². The summed E-state index contributed by atoms with van der Waals surface area (Å²) in [5.74, 6) is 3.67. The lowest BCUT2D eigenvalue weighted by Crippen LogP contribution is -2.25. The number of hydrogen-bond acceptors (Lipinski definition) is 0. The van der Waals surface area contributed by atoms with Crippen molar-refractivity contribution in [3.8, 4) is 0 Å². The minimum atomic E-state index is 0.821. The molecule has 1 aromatic rings. The van der Waals surface area contributed by atoms with Gasteiger partial charge in [0.2, 0.25) is 0 Å². The summed E-state index contributed by atoms with van der Waals surface area (Å²) in [7, 11) is 0. The van der Waals surface area contributed by atoms with Crippen LogP contribution in [0, 0.1) is 17.8 Å². The summed E-state index contributed by atoms with van der Waals surface area (Å²) in [4.78, 5) is 0. The largest absolute Gasteiger partial charge is 0.0877 e. The summed E-state index contributed by atoms with van der Waals surface area (Å²) in [6.07, 6.45) is 23.0. The van der Waals surface area contributed by atoms with Gasteiger partial charge in [-0.1, -0.05) is 61.9 Å². The Balaban J connectivity index is 1.44. The molecule has 2 saturated carbocycles. The van der Waals surface area contributed by atoms with Gasteiger partial charge in [-0.2, -0.15) is 0 Å². The molecule has 0 atom stereocenters. The van der Waals surface area contributed by atoms with Gasteiger partial charge in [-0.3, -0.25) is 0 Å². The third kappa shape index (κ3) is 5.35. The van der Waals surface area contributed by atoms with Gasteiger partial charge in [0.05, 0.1) is 0 Å². The van der Waals surface area contributed by atoms with Gasteiger partial charge in [-0.05, 0) is 99.5 Å². The Labute approximate surface area is 161 Å². The third-order valence-corrected chi connectivity index (χ3v) is 6.93. The van der Waals surface area contributed by atoms with Crippen molar-refractivity contribution in [1.82, 2.24) is 0 Å². The lowest BCUT2D eigenvalue weighted by atomic mass is 9.68. The van der Waals surface area contributed by atoms with E-state index in [1.165, 1.54) is 69.8 Å². The van der Waals surface area contributed by atoms with Crippen LogP contribution in [0.5, 0.6) is 0 Å². The van der Waals surface area contributed by atoms with Crippen LogP contribution in [0.15, 0.2) is 48.6 Å². The molecule has 0 aliphatic heterocycles. The summed E-state index contributed by atoms with van der Waals surface area (Å²) in [6.45, 7) is 4.36. The fourth-order valence-electron chi connectivity index (χ4n) is 5.31. The van der Waals surface area contributed by atoms with Crippen molar-refractivity contribution in [2.45, 2.75) is 84.0 Å². The first-order chi connectivity index (χ1) is 12.8. The van der Waals surface area contributed by atoms with Crippen molar-refractivity contribution < 1.29 is 0 Å². The van der Waals surface area contributed by atoms with E-state index in [1.54, 1.807) is 5.56 Å². The lowest BCUT2D eigenvalue weighted by molar-refractivity contribution is 0.171. The summed E-state index contributed by atoms with van der Waals surface area (Å²) in [5, 5.41) is 0. The van der Waals surface area contributed by atoms with Crippen LogP contribution in [0.2, 0.25) is 0 Å². The average molecular weight is 351 g/mol. The van der Waals surface area contributed by atoms with Gasteiger partial charge in [0.25, 0.3) is 0 Å². The second-order valence-electron chi connectivity index (χ2n) is 8.69. The molecule has 0 heteroatoms. The van der Waals surface area contributed by atoms with E-state index in [0.29, 0.717) is 0 Å². The zero-order valence-corrected chi connectivity index (χ0v) is 17.0. The van der Waals surface area contributed by atoms with E-state index in [9.17, 15) is 0 Å². The molecule has 0 saturated heterocycles. The van der Waals surface area contributed by atoms with Crippen LogP contribution >= 0.6 is 0 Å². The predicted octanol–water partition coefficient (Wildman–Crippen LogP) is 7.85. The first-order valence-corrected chi connectivity index (χ1v) is 11.2. The topological polar surface area (TPSA) is 0 Å². The predicted molar refractivity (Wildman–Crippen MR) is 115 cm³/mol. The quantitative estimate of drug-likeness (QED) is 0.458. The van der Waals surface area contributed by atoms with E-state index in [0.717, 1.165) is 23.7 Å². The Morgan fingerprint density at radius 3 is 2.00 bits per heavy atom. The van der Waals surface area contributed by atoms with Gasteiger partial charge >= 0.3 is 0 Å². The number of aryl methyl sites for hydroxylation is 1. The number of benzene rings is 1. The van der Waals surface area contributed by atoms with Gasteiger partial charge in [-0.25, -0.2) is 0 Å². The zero-order valence-electron chi connectivity index (χ0n) is 17.0. The van der Waals surface area contributed by atoms with E-state index in [1.807, 2.05) is 0 Å². The highest BCUT2D eigenvalue weighted by atomic mass is 14.4. The lowest BCUT2D eigenvalue weighted by Gasteiger charge is -2.37. The molecule has 0 spiro atoms. The molecular formula is C26H38. The molecule has 0 amide bonds. The van der Waals surface area contributed by atoms with E-state index in [4.69, 9.17) is 0 Å². The first-order valence-electron chi connectivity index (χ1n) is 11.2. The van der Waals surface area contributed by atoms with Crippen LogP contribution in [-0.4, -0.2) is 0 Å². The number of hydrogen-bond donors (Lipinski definition) is 0. The molecule has 0 unspecified atom stereocenters. The van der Waals surface area contributed by atoms with Crippen molar-refractivity contribution in [2.75, 3.05) is 0 Å². The SMILES string of the molecule is CC=CC=CC1CCC(C2CCC(c3ccc(CCC)cc3)CC2)CC1. The number of rotatable bonds is 6. The maximum absolute atomic E-state index is 2.44. The fraction of sp³-hybridized carbons (Fsp3) is 0.615. The molecular weight excluding hydrogens is 312 g/mol. The van der Waals surface area contributed by atoms with Crippen molar-refractivity contribution in [3.63, 3.8) is 0 Å². The second-order valence-corrected chi connectivity index (χ2v) is 8.69. The standard InChI is InChI=1S/C26H38/c1-3-5-6-8-22-11-15-24(16-12-22)26-19-17-25(18-20-26)23-13-9-21(7-4-2)10-14-23/h3,5-6,8-10,13-14,22,24-26H,4,7,11-12,15-20H2,1-2H3. The Morgan fingerprint density at radius 1 is 0.808 bits per heavy atom. The Morgan fingerprint density at radius 2 is 1.42 bits per heavy atom. The second kappa shape index (κ2) is 10.1. The van der Waals surface area contributed by atoms with Crippen LogP contribution in [0.25, 0.3) is 0 Å². The summed E-state index contributed by atoms with van der Waals surface area (Å²) >= 11 is 0.